The standard InChI is InChI=1S/C14H13N3O3S/c1-20-11-5-3-10(4-6-11)12-9-16-13-14(21(2,18)19)15-7-8-17(12)13/h3-9H,1-2H3. The zero-order valence-corrected chi connectivity index (χ0v) is 12.3. The van der Waals surface area contributed by atoms with Crippen LogP contribution in [0.2, 0.25) is 0 Å². The van der Waals surface area contributed by atoms with Gasteiger partial charge in [-0.15, -0.1) is 0 Å². The minimum Gasteiger partial charge on any atom is -0.497 e. The predicted octanol–water partition coefficient (Wildman–Crippen LogP) is 1.81. The van der Waals surface area contributed by atoms with E-state index in [9.17, 15) is 8.42 Å². The van der Waals surface area contributed by atoms with Crippen LogP contribution in [0.3, 0.4) is 0 Å². The molecule has 108 valence electrons. The van der Waals surface area contributed by atoms with Crippen LogP contribution in [0.5, 0.6) is 5.75 Å². The van der Waals surface area contributed by atoms with Gasteiger partial charge in [-0.05, 0) is 24.3 Å². The molecule has 2 heterocycles. The first-order chi connectivity index (χ1) is 10.0. The third-order valence-electron chi connectivity index (χ3n) is 3.13. The number of hydrogen-bond acceptors (Lipinski definition) is 5. The third kappa shape index (κ3) is 2.36. The van der Waals surface area contributed by atoms with E-state index in [1.807, 2.05) is 24.3 Å². The van der Waals surface area contributed by atoms with Crippen molar-refractivity contribution in [2.45, 2.75) is 5.03 Å². The highest BCUT2D eigenvalue weighted by molar-refractivity contribution is 7.90. The van der Waals surface area contributed by atoms with Crippen molar-refractivity contribution in [2.75, 3.05) is 13.4 Å². The molecular weight excluding hydrogens is 290 g/mol. The first-order valence-electron chi connectivity index (χ1n) is 6.17. The Morgan fingerprint density at radius 2 is 1.86 bits per heavy atom. The Labute approximate surface area is 122 Å². The number of sulfone groups is 1. The quantitative estimate of drug-likeness (QED) is 0.737. The Balaban J connectivity index is 2.21. The van der Waals surface area contributed by atoms with Crippen molar-refractivity contribution in [1.29, 1.82) is 0 Å². The third-order valence-corrected chi connectivity index (χ3v) is 4.12. The highest BCUT2D eigenvalue weighted by atomic mass is 32.2. The fourth-order valence-corrected chi connectivity index (χ4v) is 2.87. The molecule has 3 aromatic rings. The van der Waals surface area contributed by atoms with Gasteiger partial charge in [0, 0.05) is 24.2 Å². The maximum atomic E-state index is 11.7. The molecule has 0 aliphatic heterocycles. The fraction of sp³-hybridized carbons (Fsp3) is 0.143. The molecule has 0 unspecified atom stereocenters. The van der Waals surface area contributed by atoms with Crippen molar-refractivity contribution in [3.05, 3.63) is 42.9 Å². The van der Waals surface area contributed by atoms with Crippen molar-refractivity contribution in [3.8, 4) is 17.0 Å². The van der Waals surface area contributed by atoms with Gasteiger partial charge in [-0.2, -0.15) is 0 Å². The number of imidazole rings is 1. The summed E-state index contributed by atoms with van der Waals surface area (Å²) >= 11 is 0. The first kappa shape index (κ1) is 13.6. The highest BCUT2D eigenvalue weighted by Gasteiger charge is 2.17. The van der Waals surface area contributed by atoms with Gasteiger partial charge in [-0.3, -0.25) is 4.40 Å². The molecule has 2 aromatic heterocycles. The number of nitrogens with zero attached hydrogens (tertiary/aromatic N) is 3. The summed E-state index contributed by atoms with van der Waals surface area (Å²) < 4.78 is 30.3. The number of benzene rings is 1. The predicted molar refractivity (Wildman–Crippen MR) is 78.1 cm³/mol. The molecule has 21 heavy (non-hydrogen) atoms. The largest absolute Gasteiger partial charge is 0.497 e. The van der Waals surface area contributed by atoms with Crippen molar-refractivity contribution in [3.63, 3.8) is 0 Å². The number of hydrogen-bond donors (Lipinski definition) is 0. The van der Waals surface area contributed by atoms with E-state index < -0.39 is 9.84 Å². The number of fused-ring (bicyclic) bond motifs is 1. The van der Waals surface area contributed by atoms with Gasteiger partial charge in [0.25, 0.3) is 0 Å². The van der Waals surface area contributed by atoms with Crippen molar-refractivity contribution < 1.29 is 13.2 Å². The molecule has 0 aliphatic carbocycles. The van der Waals surface area contributed by atoms with E-state index in [0.717, 1.165) is 23.3 Å². The lowest BCUT2D eigenvalue weighted by atomic mass is 10.1. The Bertz CT molecular complexity index is 899. The maximum Gasteiger partial charge on any atom is 0.198 e. The Morgan fingerprint density at radius 3 is 2.48 bits per heavy atom. The van der Waals surface area contributed by atoms with Gasteiger partial charge in [-0.25, -0.2) is 18.4 Å². The monoisotopic (exact) mass is 303 g/mol. The molecule has 0 fully saturated rings. The minimum atomic E-state index is -3.42. The summed E-state index contributed by atoms with van der Waals surface area (Å²) in [6.45, 7) is 0. The van der Waals surface area contributed by atoms with Gasteiger partial charge in [-0.1, -0.05) is 0 Å². The maximum absolute atomic E-state index is 11.7. The van der Waals surface area contributed by atoms with E-state index in [0.29, 0.717) is 5.65 Å². The zero-order chi connectivity index (χ0) is 15.0. The molecule has 0 saturated carbocycles. The Kier molecular flexibility index (Phi) is 3.13. The van der Waals surface area contributed by atoms with Crippen LogP contribution >= 0.6 is 0 Å². The molecule has 0 bridgehead atoms. The van der Waals surface area contributed by atoms with Crippen molar-refractivity contribution in [2.24, 2.45) is 0 Å². The van der Waals surface area contributed by atoms with E-state index in [1.165, 1.54) is 6.20 Å². The van der Waals surface area contributed by atoms with Gasteiger partial charge in [0.15, 0.2) is 20.5 Å². The van der Waals surface area contributed by atoms with Gasteiger partial charge in [0.1, 0.15) is 5.75 Å². The van der Waals surface area contributed by atoms with Crippen LogP contribution in [-0.4, -0.2) is 36.2 Å². The topological polar surface area (TPSA) is 73.6 Å². The summed E-state index contributed by atoms with van der Waals surface area (Å²) in [5.74, 6) is 0.756. The summed E-state index contributed by atoms with van der Waals surface area (Å²) in [6, 6.07) is 7.46. The van der Waals surface area contributed by atoms with Crippen LogP contribution in [0.25, 0.3) is 16.9 Å². The smallest absolute Gasteiger partial charge is 0.198 e. The summed E-state index contributed by atoms with van der Waals surface area (Å²) in [5.41, 5.74) is 2.03. The summed E-state index contributed by atoms with van der Waals surface area (Å²) in [5, 5.41) is -0.0234. The molecule has 0 saturated heterocycles. The van der Waals surface area contributed by atoms with Gasteiger partial charge in [0.05, 0.1) is 19.0 Å². The van der Waals surface area contributed by atoms with Crippen LogP contribution < -0.4 is 4.74 Å². The number of aromatic nitrogens is 3. The van der Waals surface area contributed by atoms with Crippen LogP contribution in [0.1, 0.15) is 0 Å². The second kappa shape index (κ2) is 4.85. The first-order valence-corrected chi connectivity index (χ1v) is 8.06. The highest BCUT2D eigenvalue weighted by Crippen LogP contribution is 2.25. The van der Waals surface area contributed by atoms with Crippen LogP contribution in [-0.2, 0) is 9.84 Å². The molecule has 0 spiro atoms. The number of ether oxygens (including phenoxy) is 1. The molecule has 3 rings (SSSR count). The number of rotatable bonds is 3. The summed E-state index contributed by atoms with van der Waals surface area (Å²) in [7, 11) is -1.82. The molecular formula is C14H13N3O3S. The SMILES string of the molecule is COc1ccc(-c2cnc3c(S(C)(=O)=O)nccn23)cc1. The summed E-state index contributed by atoms with van der Waals surface area (Å²) in [4.78, 5) is 8.12. The minimum absolute atomic E-state index is 0.0234. The van der Waals surface area contributed by atoms with E-state index in [-0.39, 0.29) is 5.03 Å². The molecule has 0 amide bonds. The lowest BCUT2D eigenvalue weighted by Gasteiger charge is -2.05. The normalized spacial score (nSPS) is 11.7. The van der Waals surface area contributed by atoms with Crippen molar-refractivity contribution in [1.82, 2.24) is 14.4 Å². The van der Waals surface area contributed by atoms with E-state index in [2.05, 4.69) is 9.97 Å². The zero-order valence-electron chi connectivity index (χ0n) is 11.5. The van der Waals surface area contributed by atoms with Crippen LogP contribution in [0.15, 0.2) is 47.9 Å². The van der Waals surface area contributed by atoms with Gasteiger partial charge < -0.3 is 4.74 Å². The molecule has 0 atom stereocenters. The van der Waals surface area contributed by atoms with Gasteiger partial charge >= 0.3 is 0 Å². The van der Waals surface area contributed by atoms with E-state index in [1.54, 1.807) is 23.9 Å². The van der Waals surface area contributed by atoms with E-state index >= 15 is 0 Å². The average Bonchev–Trinajstić information content (AvgIpc) is 2.90. The lowest BCUT2D eigenvalue weighted by molar-refractivity contribution is 0.415. The second-order valence-corrected chi connectivity index (χ2v) is 6.50. The lowest BCUT2D eigenvalue weighted by Crippen LogP contribution is -2.04. The molecule has 6 nitrogen and oxygen atoms in total. The van der Waals surface area contributed by atoms with Crippen LogP contribution in [0, 0.1) is 0 Å². The van der Waals surface area contributed by atoms with E-state index in [4.69, 9.17) is 4.74 Å². The Hall–Kier alpha value is -2.41. The van der Waals surface area contributed by atoms with Crippen LogP contribution in [0.4, 0.5) is 0 Å². The number of methoxy groups -OCH3 is 1. The van der Waals surface area contributed by atoms with Gasteiger partial charge in [0.2, 0.25) is 0 Å². The molecule has 0 N–H and O–H groups in total. The fourth-order valence-electron chi connectivity index (χ4n) is 2.13. The molecule has 7 heteroatoms. The summed E-state index contributed by atoms with van der Waals surface area (Å²) in [6.07, 6.45) is 5.90. The molecule has 1 aromatic carbocycles. The molecule has 0 radical (unpaired) electrons. The average molecular weight is 303 g/mol. The molecule has 0 aliphatic rings. The second-order valence-electron chi connectivity index (χ2n) is 4.57. The van der Waals surface area contributed by atoms with Crippen molar-refractivity contribution >= 4 is 15.5 Å². The Morgan fingerprint density at radius 1 is 1.14 bits per heavy atom.